The summed E-state index contributed by atoms with van der Waals surface area (Å²) in [7, 11) is 2.80. The lowest BCUT2D eigenvalue weighted by atomic mass is 9.81. The number of carbonyl (C=O) groups is 3. The van der Waals surface area contributed by atoms with Gasteiger partial charge in [-0.1, -0.05) is 65.8 Å². The van der Waals surface area contributed by atoms with Crippen LogP contribution >= 0.6 is 0 Å². The summed E-state index contributed by atoms with van der Waals surface area (Å²) in [4.78, 5) is 40.7. The molecule has 4 aliphatic heterocycles. The molecule has 3 fully saturated rings. The molecule has 0 aromatic heterocycles. The van der Waals surface area contributed by atoms with E-state index >= 15 is 0 Å². The number of hydrogen-bond acceptors (Lipinski definition) is 17. The third-order valence-corrected chi connectivity index (χ3v) is 18.4. The molecule has 0 amide bonds. The van der Waals surface area contributed by atoms with E-state index in [0.29, 0.717) is 6.42 Å². The fourth-order valence-electron chi connectivity index (χ4n) is 9.72. The van der Waals surface area contributed by atoms with E-state index in [4.69, 9.17) is 47.1 Å². The molecule has 4 rings (SSSR count). The molecule has 374 valence electrons. The Kier molecular flexibility index (Phi) is 20.7. The second kappa shape index (κ2) is 24.3. The molecule has 0 aromatic carbocycles. The van der Waals surface area contributed by atoms with E-state index in [1.54, 1.807) is 60.5 Å². The molecule has 17 atom stereocenters. The number of hydrogen-bond donors (Lipinski definition) is 3. The van der Waals surface area contributed by atoms with E-state index in [2.05, 4.69) is 27.7 Å². The first-order chi connectivity index (χ1) is 30.7. The summed E-state index contributed by atoms with van der Waals surface area (Å²) in [5.41, 5.74) is -2.81. The third kappa shape index (κ3) is 13.7. The van der Waals surface area contributed by atoms with Crippen LogP contribution in [0.3, 0.4) is 0 Å². The molecule has 4 aliphatic rings. The summed E-state index contributed by atoms with van der Waals surface area (Å²) < 4.78 is 63.4. The number of cyclic esters (lactones) is 1. The molecule has 18 heteroatoms. The summed E-state index contributed by atoms with van der Waals surface area (Å²) in [5, 5.41) is 34.7. The third-order valence-electron chi connectivity index (χ3n) is 13.7. The average Bonchev–Trinajstić information content (AvgIpc) is 3.97. The molecule has 0 radical (unpaired) electrons. The highest BCUT2D eigenvalue weighted by Gasteiger charge is 2.67. The van der Waals surface area contributed by atoms with Gasteiger partial charge in [0.05, 0.1) is 37.4 Å². The Balaban J connectivity index is 1.78. The molecule has 1 spiro atoms. The Morgan fingerprint density at radius 2 is 1.54 bits per heavy atom. The normalized spacial score (nSPS) is 40.8. The zero-order valence-electron chi connectivity index (χ0n) is 41.1. The molecular weight excluding hydrogens is 863 g/mol. The highest BCUT2D eigenvalue weighted by atomic mass is 28.4. The number of aliphatic hydroxyl groups is 3. The largest absolute Gasteiger partial charge is 0.462 e. The predicted molar refractivity (Wildman–Crippen MR) is 242 cm³/mol. The number of carbonyl (C=O) groups excluding carboxylic acids is 3. The number of esters is 3. The summed E-state index contributed by atoms with van der Waals surface area (Å²) in [5.74, 6) is -1.91. The summed E-state index contributed by atoms with van der Waals surface area (Å²) in [6.45, 7) is 18.3. The fraction of sp³-hybridized carbons (Fsp3) is 0.851. The van der Waals surface area contributed by atoms with Crippen LogP contribution in [0.1, 0.15) is 108 Å². The van der Waals surface area contributed by atoms with Crippen LogP contribution in [0.5, 0.6) is 0 Å². The van der Waals surface area contributed by atoms with Crippen molar-refractivity contribution in [2.24, 2.45) is 5.92 Å². The van der Waals surface area contributed by atoms with Gasteiger partial charge in [0.25, 0.3) is 0 Å². The van der Waals surface area contributed by atoms with Gasteiger partial charge in [-0.2, -0.15) is 0 Å². The number of rotatable bonds is 16. The number of likely N-dealkylation sites (N-methyl/N-ethyl adjacent to an activating group) is 1. The van der Waals surface area contributed by atoms with Crippen molar-refractivity contribution in [1.29, 1.82) is 0 Å². The van der Waals surface area contributed by atoms with Crippen LogP contribution in [0, 0.1) is 5.92 Å². The van der Waals surface area contributed by atoms with Crippen molar-refractivity contribution in [3.8, 4) is 0 Å². The Bertz CT molecular complexity index is 1580. The molecule has 3 N–H and O–H groups in total. The van der Waals surface area contributed by atoms with Gasteiger partial charge in [0.2, 0.25) is 0 Å². The standard InChI is InChI=1S/C47H81NO16Si/c1-14-35(50)59-33-24-37(52)56-29(7)22-20-19-21-23-32(64-65(16-3,17-4)18-5)28(6)25-47(34(27-49)63-47)44(42(33)55-13)62-45-40(53)39(48(11)12)41(30(8)58-45)61-38-26-46(10,54)43(31(9)57-38)60-36(51)15-2/h19-21,23,28-34,38-45,49,53-54H,14-18,22,24-27H2,1-13H3/b20-19+,23-21+/t28-,29-,30?,31?,32+,33-,34-,38?,39?,40?,41?,42+,43?,44-,45?,46?,47+/m1/s1. The quantitative estimate of drug-likeness (QED) is 0.0827. The minimum atomic E-state index is -2.18. The molecule has 4 heterocycles. The van der Waals surface area contributed by atoms with Gasteiger partial charge in [-0.05, 0) is 72.3 Å². The smallest absolute Gasteiger partial charge is 0.309 e. The molecule has 17 nitrogen and oxygen atoms in total. The fourth-order valence-corrected chi connectivity index (χ4v) is 12.6. The summed E-state index contributed by atoms with van der Waals surface area (Å²) >= 11 is 0. The number of epoxide rings is 1. The number of ether oxygens (including phenoxy) is 9. The van der Waals surface area contributed by atoms with Gasteiger partial charge in [-0.3, -0.25) is 14.4 Å². The van der Waals surface area contributed by atoms with Gasteiger partial charge in [-0.25, -0.2) is 0 Å². The number of aliphatic hydroxyl groups excluding tert-OH is 2. The Labute approximate surface area is 387 Å². The SMILES string of the molecule is CCC(=O)OC1C(C)OC(OC2C(C)OC(O[C@@H]3[C@@H](OC)[C@H](OC(=O)CC)CC(=O)O[C@H](C)C/C=C/C=C/[C@H](O[Si](CC)(CC)CC)[C@H](C)C[C@@]34O[C@@H]4CO)C(O)C2N(C)C)CC1(C)O. The molecule has 0 aliphatic carbocycles. The predicted octanol–water partition coefficient (Wildman–Crippen LogP) is 4.72. The van der Waals surface area contributed by atoms with E-state index in [-0.39, 0.29) is 44.1 Å². The molecule has 0 bridgehead atoms. The molecule has 0 aromatic rings. The van der Waals surface area contributed by atoms with Crippen molar-refractivity contribution in [3.63, 3.8) is 0 Å². The lowest BCUT2D eigenvalue weighted by molar-refractivity contribution is -0.344. The van der Waals surface area contributed by atoms with Crippen LogP contribution in [0.15, 0.2) is 24.3 Å². The van der Waals surface area contributed by atoms with Gasteiger partial charge >= 0.3 is 17.9 Å². The van der Waals surface area contributed by atoms with Crippen LogP contribution in [0.4, 0.5) is 0 Å². The Morgan fingerprint density at radius 3 is 2.09 bits per heavy atom. The van der Waals surface area contributed by atoms with Crippen molar-refractivity contribution in [2.45, 2.75) is 223 Å². The van der Waals surface area contributed by atoms with Crippen LogP contribution in [-0.4, -0.2) is 171 Å². The van der Waals surface area contributed by atoms with E-state index in [0.717, 1.165) is 18.1 Å². The second-order valence-electron chi connectivity index (χ2n) is 18.8. The lowest BCUT2D eigenvalue weighted by Crippen LogP contribution is -2.66. The topological polar surface area (TPSA) is 211 Å². The van der Waals surface area contributed by atoms with Crippen molar-refractivity contribution < 1.29 is 76.8 Å². The second-order valence-corrected chi connectivity index (χ2v) is 23.5. The minimum absolute atomic E-state index is 0.00720. The molecule has 65 heavy (non-hydrogen) atoms. The Morgan fingerprint density at radius 1 is 0.892 bits per heavy atom. The van der Waals surface area contributed by atoms with Gasteiger partial charge in [0.1, 0.15) is 53.9 Å². The minimum Gasteiger partial charge on any atom is -0.462 e. The number of allylic oxidation sites excluding steroid dienone is 2. The van der Waals surface area contributed by atoms with E-state index in [1.165, 1.54) is 7.11 Å². The number of methoxy groups -OCH3 is 1. The highest BCUT2D eigenvalue weighted by molar-refractivity contribution is 6.73. The summed E-state index contributed by atoms with van der Waals surface area (Å²) in [6, 6.07) is 1.98. The maximum atomic E-state index is 13.6. The van der Waals surface area contributed by atoms with E-state index in [1.807, 2.05) is 24.3 Å². The van der Waals surface area contributed by atoms with E-state index < -0.39 is 124 Å². The number of nitrogens with zero attached hydrogens (tertiary/aromatic N) is 1. The van der Waals surface area contributed by atoms with Gasteiger partial charge < -0.3 is 67.3 Å². The maximum absolute atomic E-state index is 13.6. The first kappa shape index (κ1) is 55.3. The van der Waals surface area contributed by atoms with Gasteiger partial charge in [-0.15, -0.1) is 0 Å². The van der Waals surface area contributed by atoms with Crippen LogP contribution in [0.2, 0.25) is 18.1 Å². The molecule has 0 saturated carbocycles. The van der Waals surface area contributed by atoms with Crippen LogP contribution in [0.25, 0.3) is 0 Å². The molecule has 3 saturated heterocycles. The Hall–Kier alpha value is -2.33. The molecule has 9 unspecified atom stereocenters. The van der Waals surface area contributed by atoms with Crippen molar-refractivity contribution in [1.82, 2.24) is 4.90 Å². The van der Waals surface area contributed by atoms with Crippen molar-refractivity contribution >= 4 is 26.2 Å². The van der Waals surface area contributed by atoms with Crippen molar-refractivity contribution in [3.05, 3.63) is 24.3 Å². The van der Waals surface area contributed by atoms with Crippen LogP contribution < -0.4 is 0 Å². The highest BCUT2D eigenvalue weighted by Crippen LogP contribution is 2.50. The first-order valence-corrected chi connectivity index (χ1v) is 26.3. The monoisotopic (exact) mass is 944 g/mol. The molecular formula is C47H81NO16Si. The van der Waals surface area contributed by atoms with E-state index in [9.17, 15) is 29.7 Å². The lowest BCUT2D eigenvalue weighted by Gasteiger charge is -2.50. The zero-order chi connectivity index (χ0) is 48.4. The average molecular weight is 944 g/mol. The van der Waals surface area contributed by atoms with Crippen molar-refractivity contribution in [2.75, 3.05) is 27.8 Å². The van der Waals surface area contributed by atoms with Crippen LogP contribution in [-0.2, 0) is 61.4 Å². The zero-order valence-corrected chi connectivity index (χ0v) is 42.1. The summed E-state index contributed by atoms with van der Waals surface area (Å²) in [6.07, 6.45) is -4.05. The first-order valence-electron chi connectivity index (χ1n) is 23.8. The van der Waals surface area contributed by atoms with Gasteiger partial charge in [0, 0.05) is 32.8 Å². The van der Waals surface area contributed by atoms with Gasteiger partial charge in [0.15, 0.2) is 27.0 Å². The maximum Gasteiger partial charge on any atom is 0.309 e.